The molecule has 1 aliphatic rings. The van der Waals surface area contributed by atoms with Gasteiger partial charge in [-0.2, -0.15) is 5.10 Å². The lowest BCUT2D eigenvalue weighted by molar-refractivity contribution is 0.0766. The first-order valence-electron chi connectivity index (χ1n) is 8.90. The number of aromatic nitrogens is 3. The van der Waals surface area contributed by atoms with Gasteiger partial charge in [0.05, 0.1) is 17.5 Å². The predicted molar refractivity (Wildman–Crippen MR) is 101 cm³/mol. The van der Waals surface area contributed by atoms with Gasteiger partial charge >= 0.3 is 0 Å². The van der Waals surface area contributed by atoms with Crippen molar-refractivity contribution in [2.75, 3.05) is 0 Å². The lowest BCUT2D eigenvalue weighted by Gasteiger charge is -2.16. The third-order valence-electron chi connectivity index (χ3n) is 4.88. The minimum absolute atomic E-state index is 0.0767. The zero-order valence-corrected chi connectivity index (χ0v) is 15.3. The summed E-state index contributed by atoms with van der Waals surface area (Å²) in [5, 5.41) is 4.40. The Bertz CT molecular complexity index is 956. The molecule has 4 rings (SSSR count). The molecule has 0 N–H and O–H groups in total. The molecule has 2 aromatic heterocycles. The van der Waals surface area contributed by atoms with Crippen LogP contribution in [0.1, 0.15) is 47.1 Å². The van der Waals surface area contributed by atoms with Crippen LogP contribution in [-0.4, -0.2) is 25.6 Å². The third-order valence-corrected chi connectivity index (χ3v) is 4.88. The van der Waals surface area contributed by atoms with Crippen molar-refractivity contribution < 1.29 is 4.79 Å². The highest BCUT2D eigenvalue weighted by Crippen LogP contribution is 2.27. The van der Waals surface area contributed by atoms with E-state index in [9.17, 15) is 4.79 Å². The fraction of sp³-hybridized carbons (Fsp3) is 0.286. The molecule has 0 aliphatic carbocycles. The summed E-state index contributed by atoms with van der Waals surface area (Å²) < 4.78 is 1.96. The van der Waals surface area contributed by atoms with Crippen molar-refractivity contribution in [1.29, 1.82) is 0 Å². The smallest absolute Gasteiger partial charge is 0.256 e. The van der Waals surface area contributed by atoms with Gasteiger partial charge in [-0.25, -0.2) is 0 Å². The van der Waals surface area contributed by atoms with Gasteiger partial charge in [-0.1, -0.05) is 24.3 Å². The maximum absolute atomic E-state index is 12.7. The van der Waals surface area contributed by atoms with Gasteiger partial charge in [0, 0.05) is 37.1 Å². The van der Waals surface area contributed by atoms with Crippen LogP contribution in [0.3, 0.4) is 0 Å². The number of fused-ring (bicyclic) bond motifs is 1. The van der Waals surface area contributed by atoms with Crippen molar-refractivity contribution in [3.63, 3.8) is 0 Å². The van der Waals surface area contributed by atoms with E-state index in [0.29, 0.717) is 19.1 Å². The van der Waals surface area contributed by atoms with E-state index in [2.05, 4.69) is 54.4 Å². The average molecular weight is 346 g/mol. The van der Waals surface area contributed by atoms with Crippen molar-refractivity contribution >= 4 is 5.91 Å². The fourth-order valence-electron chi connectivity index (χ4n) is 3.40. The average Bonchev–Trinajstić information content (AvgIpc) is 3.22. The summed E-state index contributed by atoms with van der Waals surface area (Å²) in [7, 11) is 0. The first-order valence-corrected chi connectivity index (χ1v) is 8.90. The summed E-state index contributed by atoms with van der Waals surface area (Å²) in [6.07, 6.45) is 5.73. The van der Waals surface area contributed by atoms with E-state index < -0.39 is 0 Å². The molecule has 1 aliphatic heterocycles. The maximum Gasteiger partial charge on any atom is 0.256 e. The molecule has 0 saturated heterocycles. The lowest BCUT2D eigenvalue weighted by atomic mass is 10.1. The van der Waals surface area contributed by atoms with Crippen molar-refractivity contribution in [3.8, 4) is 11.1 Å². The van der Waals surface area contributed by atoms with E-state index in [1.165, 1.54) is 0 Å². The molecule has 0 bridgehead atoms. The third kappa shape index (κ3) is 2.90. The van der Waals surface area contributed by atoms with Crippen LogP contribution < -0.4 is 0 Å². The van der Waals surface area contributed by atoms with Gasteiger partial charge in [0.15, 0.2) is 0 Å². The second-order valence-corrected chi connectivity index (χ2v) is 7.09. The number of carbonyl (C=O) groups is 1. The highest BCUT2D eigenvalue weighted by atomic mass is 16.2. The van der Waals surface area contributed by atoms with E-state index in [4.69, 9.17) is 0 Å². The van der Waals surface area contributed by atoms with Crippen molar-refractivity contribution in [3.05, 3.63) is 71.3 Å². The molecule has 5 nitrogen and oxygen atoms in total. The standard InChI is InChI=1S/C21H22N4O/c1-14(2)25-13-19(10-23-25)17-6-4-16(5-7-17)11-24-12-18-8-9-22-15(3)20(18)21(24)26/h4-10,13-14H,11-12H2,1-3H3. The molecule has 0 unspecified atom stereocenters. The van der Waals surface area contributed by atoms with Crippen LogP contribution in [0.15, 0.2) is 48.9 Å². The molecule has 132 valence electrons. The first kappa shape index (κ1) is 16.5. The molecule has 0 fully saturated rings. The second kappa shape index (κ2) is 6.41. The Balaban J connectivity index is 1.50. The topological polar surface area (TPSA) is 51.0 Å². The van der Waals surface area contributed by atoms with Crippen LogP contribution in [0.5, 0.6) is 0 Å². The predicted octanol–water partition coefficient (Wildman–Crippen LogP) is 3.99. The second-order valence-electron chi connectivity index (χ2n) is 7.09. The van der Waals surface area contributed by atoms with E-state index >= 15 is 0 Å². The molecule has 0 saturated carbocycles. The maximum atomic E-state index is 12.7. The van der Waals surface area contributed by atoms with Crippen LogP contribution in [-0.2, 0) is 13.1 Å². The molecule has 0 spiro atoms. The number of pyridine rings is 1. The molecule has 26 heavy (non-hydrogen) atoms. The quantitative estimate of drug-likeness (QED) is 0.718. The largest absolute Gasteiger partial charge is 0.330 e. The molecular formula is C21H22N4O. The summed E-state index contributed by atoms with van der Waals surface area (Å²) in [5.41, 5.74) is 6.02. The van der Waals surface area contributed by atoms with E-state index in [0.717, 1.165) is 33.5 Å². The van der Waals surface area contributed by atoms with Crippen LogP contribution in [0.4, 0.5) is 0 Å². The molecule has 1 amide bonds. The number of rotatable bonds is 4. The molecule has 3 heterocycles. The minimum Gasteiger partial charge on any atom is -0.330 e. The van der Waals surface area contributed by atoms with E-state index in [1.54, 1.807) is 6.20 Å². The number of carbonyl (C=O) groups excluding carboxylic acids is 1. The Hall–Kier alpha value is -2.95. The molecular weight excluding hydrogens is 324 g/mol. The number of aryl methyl sites for hydroxylation is 1. The normalized spacial score (nSPS) is 13.5. The summed E-state index contributed by atoms with van der Waals surface area (Å²) in [6.45, 7) is 7.38. The first-order chi connectivity index (χ1) is 12.5. The van der Waals surface area contributed by atoms with Gasteiger partial charge < -0.3 is 4.90 Å². The van der Waals surface area contributed by atoms with Gasteiger partial charge in [-0.05, 0) is 43.5 Å². The van der Waals surface area contributed by atoms with Gasteiger partial charge in [-0.3, -0.25) is 14.5 Å². The highest BCUT2D eigenvalue weighted by Gasteiger charge is 2.29. The lowest BCUT2D eigenvalue weighted by Crippen LogP contribution is -2.23. The summed E-state index contributed by atoms with van der Waals surface area (Å²) in [5.74, 6) is 0.0767. The molecule has 5 heteroatoms. The summed E-state index contributed by atoms with van der Waals surface area (Å²) in [4.78, 5) is 18.8. The zero-order chi connectivity index (χ0) is 18.3. The Morgan fingerprint density at radius 1 is 1.12 bits per heavy atom. The molecule has 1 aromatic carbocycles. The van der Waals surface area contributed by atoms with Gasteiger partial charge in [-0.15, -0.1) is 0 Å². The van der Waals surface area contributed by atoms with E-state index in [-0.39, 0.29) is 5.91 Å². The SMILES string of the molecule is Cc1nccc2c1C(=O)N(Cc1ccc(-c3cnn(C(C)C)c3)cc1)C2. The van der Waals surface area contributed by atoms with Gasteiger partial charge in [0.2, 0.25) is 0 Å². The zero-order valence-electron chi connectivity index (χ0n) is 15.3. The fourth-order valence-corrected chi connectivity index (χ4v) is 3.40. The number of amides is 1. The number of nitrogens with zero attached hydrogens (tertiary/aromatic N) is 4. The number of benzene rings is 1. The van der Waals surface area contributed by atoms with Crippen LogP contribution in [0.25, 0.3) is 11.1 Å². The Kier molecular flexibility index (Phi) is 4.07. The van der Waals surface area contributed by atoms with Crippen molar-refractivity contribution in [2.24, 2.45) is 0 Å². The number of hydrogen-bond acceptors (Lipinski definition) is 3. The van der Waals surface area contributed by atoms with Crippen molar-refractivity contribution in [1.82, 2.24) is 19.7 Å². The molecule has 0 radical (unpaired) electrons. The summed E-state index contributed by atoms with van der Waals surface area (Å²) >= 11 is 0. The Labute approximate surface area is 153 Å². The minimum atomic E-state index is 0.0767. The highest BCUT2D eigenvalue weighted by molar-refractivity contribution is 5.99. The van der Waals surface area contributed by atoms with E-state index in [1.807, 2.05) is 28.8 Å². The number of hydrogen-bond donors (Lipinski definition) is 0. The monoisotopic (exact) mass is 346 g/mol. The molecule has 3 aromatic rings. The Morgan fingerprint density at radius 2 is 1.88 bits per heavy atom. The van der Waals surface area contributed by atoms with Crippen LogP contribution in [0.2, 0.25) is 0 Å². The van der Waals surface area contributed by atoms with Crippen molar-refractivity contribution in [2.45, 2.75) is 39.9 Å². The molecule has 0 atom stereocenters. The van der Waals surface area contributed by atoms with Crippen LogP contribution >= 0.6 is 0 Å². The van der Waals surface area contributed by atoms with Gasteiger partial charge in [0.25, 0.3) is 5.91 Å². The van der Waals surface area contributed by atoms with Crippen LogP contribution in [0, 0.1) is 6.92 Å². The summed E-state index contributed by atoms with van der Waals surface area (Å²) in [6, 6.07) is 10.7. The Morgan fingerprint density at radius 3 is 2.54 bits per heavy atom. The van der Waals surface area contributed by atoms with Gasteiger partial charge in [0.1, 0.15) is 0 Å².